The highest BCUT2D eigenvalue weighted by Gasteiger charge is 2.27. The number of amides is 2. The number of nitrogens with zero attached hydrogens (tertiary/aromatic N) is 5. The van der Waals surface area contributed by atoms with Crippen molar-refractivity contribution in [2.45, 2.75) is 19.4 Å². The van der Waals surface area contributed by atoms with Crippen molar-refractivity contribution in [1.29, 1.82) is 0 Å². The number of carbonyl (C=O) groups excluding carboxylic acids is 2. The van der Waals surface area contributed by atoms with Crippen LogP contribution in [0.1, 0.15) is 24.9 Å². The number of hydrogen-bond acceptors (Lipinski definition) is 5. The van der Waals surface area contributed by atoms with Gasteiger partial charge >= 0.3 is 0 Å². The number of para-hydroxylation sites is 2. The Morgan fingerprint density at radius 3 is 2.70 bits per heavy atom. The van der Waals surface area contributed by atoms with Gasteiger partial charge in [-0.3, -0.25) is 14.5 Å². The number of benzene rings is 2. The van der Waals surface area contributed by atoms with E-state index in [0.717, 1.165) is 11.3 Å². The number of likely N-dealkylation sites (N-methyl/N-ethyl adjacent to an activating group) is 1. The fourth-order valence-corrected chi connectivity index (χ4v) is 3.43. The van der Waals surface area contributed by atoms with Crippen LogP contribution in [0.5, 0.6) is 5.75 Å². The van der Waals surface area contributed by atoms with Gasteiger partial charge in [0, 0.05) is 7.05 Å². The monoisotopic (exact) mass is 405 g/mol. The SMILES string of the molecule is C[C@@H](c1ccc(-n2cncn2)cc1)N(C)C(=O)CN1C(=O)CCOc2ccccc21. The topological polar surface area (TPSA) is 80.6 Å². The maximum atomic E-state index is 13.0. The standard InChI is InChI=1S/C22H23N5O3/c1-16(17-7-9-18(10-8-17)27-15-23-14-24-27)25(2)22(29)13-26-19-5-3-4-6-20(19)30-12-11-21(26)28/h3-10,14-16H,11-13H2,1-2H3/t16-/m0/s1. The first kappa shape index (κ1) is 19.6. The maximum Gasteiger partial charge on any atom is 0.242 e. The quantitative estimate of drug-likeness (QED) is 0.652. The first-order valence-corrected chi connectivity index (χ1v) is 9.77. The van der Waals surface area contributed by atoms with Crippen LogP contribution in [-0.4, -0.2) is 51.7 Å². The van der Waals surface area contributed by atoms with E-state index in [1.165, 1.54) is 11.2 Å². The van der Waals surface area contributed by atoms with Crippen LogP contribution in [0.4, 0.5) is 5.69 Å². The number of fused-ring (bicyclic) bond motifs is 1. The van der Waals surface area contributed by atoms with Crippen molar-refractivity contribution in [2.75, 3.05) is 25.1 Å². The molecule has 2 heterocycles. The smallest absolute Gasteiger partial charge is 0.242 e. The molecule has 0 unspecified atom stereocenters. The minimum absolute atomic E-state index is 0.0307. The summed E-state index contributed by atoms with van der Waals surface area (Å²) in [7, 11) is 1.75. The van der Waals surface area contributed by atoms with E-state index in [9.17, 15) is 9.59 Å². The average molecular weight is 405 g/mol. The van der Waals surface area contributed by atoms with Crippen LogP contribution in [0.15, 0.2) is 61.2 Å². The van der Waals surface area contributed by atoms with Crippen LogP contribution in [0, 0.1) is 0 Å². The molecule has 0 saturated heterocycles. The molecule has 0 aliphatic carbocycles. The van der Waals surface area contributed by atoms with Crippen molar-refractivity contribution in [3.8, 4) is 11.4 Å². The second kappa shape index (κ2) is 8.36. The van der Waals surface area contributed by atoms with Crippen molar-refractivity contribution < 1.29 is 14.3 Å². The molecule has 0 saturated carbocycles. The van der Waals surface area contributed by atoms with Gasteiger partial charge in [0.25, 0.3) is 0 Å². The molecule has 0 N–H and O–H groups in total. The van der Waals surface area contributed by atoms with Gasteiger partial charge < -0.3 is 9.64 Å². The predicted octanol–water partition coefficient (Wildman–Crippen LogP) is 2.60. The van der Waals surface area contributed by atoms with E-state index in [1.807, 2.05) is 49.4 Å². The molecule has 154 valence electrons. The zero-order valence-electron chi connectivity index (χ0n) is 16.9. The van der Waals surface area contributed by atoms with E-state index >= 15 is 0 Å². The molecule has 8 nitrogen and oxygen atoms in total. The molecule has 2 amide bonds. The average Bonchev–Trinajstić information content (AvgIpc) is 3.26. The molecule has 1 aromatic heterocycles. The molecule has 0 radical (unpaired) electrons. The first-order chi connectivity index (χ1) is 14.5. The molecule has 0 bridgehead atoms. The molecule has 2 aromatic carbocycles. The molecule has 1 aliphatic heterocycles. The number of ether oxygens (including phenoxy) is 1. The molecular formula is C22H23N5O3. The largest absolute Gasteiger partial charge is 0.491 e. The van der Waals surface area contributed by atoms with Gasteiger partial charge in [-0.2, -0.15) is 5.10 Å². The van der Waals surface area contributed by atoms with E-state index < -0.39 is 0 Å². The molecule has 4 rings (SSSR count). The van der Waals surface area contributed by atoms with Crippen molar-refractivity contribution >= 4 is 17.5 Å². The fourth-order valence-electron chi connectivity index (χ4n) is 3.43. The molecule has 8 heteroatoms. The lowest BCUT2D eigenvalue weighted by molar-refractivity contribution is -0.132. The van der Waals surface area contributed by atoms with E-state index in [4.69, 9.17) is 4.74 Å². The molecular weight excluding hydrogens is 382 g/mol. The molecule has 1 aliphatic rings. The molecule has 0 spiro atoms. The third-order valence-electron chi connectivity index (χ3n) is 5.36. The zero-order chi connectivity index (χ0) is 21.1. The van der Waals surface area contributed by atoms with Crippen LogP contribution in [0.25, 0.3) is 5.69 Å². The molecule has 3 aromatic rings. The van der Waals surface area contributed by atoms with Gasteiger partial charge in [0.1, 0.15) is 24.9 Å². The summed E-state index contributed by atoms with van der Waals surface area (Å²) in [4.78, 5) is 32.7. The Labute approximate surface area is 174 Å². The summed E-state index contributed by atoms with van der Waals surface area (Å²) in [6, 6.07) is 14.9. The summed E-state index contributed by atoms with van der Waals surface area (Å²) in [5, 5.41) is 4.12. The van der Waals surface area contributed by atoms with E-state index in [2.05, 4.69) is 10.1 Å². The minimum Gasteiger partial charge on any atom is -0.491 e. The van der Waals surface area contributed by atoms with E-state index in [1.54, 1.807) is 29.0 Å². The summed E-state index contributed by atoms with van der Waals surface area (Å²) in [6.45, 7) is 2.24. The first-order valence-electron chi connectivity index (χ1n) is 9.77. The predicted molar refractivity (Wildman–Crippen MR) is 111 cm³/mol. The maximum absolute atomic E-state index is 13.0. The van der Waals surface area contributed by atoms with Gasteiger partial charge in [0.15, 0.2) is 0 Å². The highest BCUT2D eigenvalue weighted by molar-refractivity contribution is 6.00. The Kier molecular flexibility index (Phi) is 5.47. The Morgan fingerprint density at radius 2 is 1.97 bits per heavy atom. The summed E-state index contributed by atoms with van der Waals surface area (Å²) < 4.78 is 7.33. The van der Waals surface area contributed by atoms with Gasteiger partial charge in [0.2, 0.25) is 11.8 Å². The zero-order valence-corrected chi connectivity index (χ0v) is 16.9. The Balaban J connectivity index is 1.48. The van der Waals surface area contributed by atoms with Gasteiger partial charge in [-0.15, -0.1) is 0 Å². The van der Waals surface area contributed by atoms with Crippen molar-refractivity contribution in [1.82, 2.24) is 19.7 Å². The van der Waals surface area contributed by atoms with Gasteiger partial charge in [-0.1, -0.05) is 24.3 Å². The summed E-state index contributed by atoms with van der Waals surface area (Å²) in [6.07, 6.45) is 3.36. The minimum atomic E-state index is -0.157. The van der Waals surface area contributed by atoms with Gasteiger partial charge in [-0.25, -0.2) is 9.67 Å². The van der Waals surface area contributed by atoms with Crippen LogP contribution >= 0.6 is 0 Å². The van der Waals surface area contributed by atoms with Gasteiger partial charge in [-0.05, 0) is 36.8 Å². The van der Waals surface area contributed by atoms with Crippen LogP contribution < -0.4 is 9.64 Å². The summed E-state index contributed by atoms with van der Waals surface area (Å²) >= 11 is 0. The second-order valence-electron chi connectivity index (χ2n) is 7.16. The summed E-state index contributed by atoms with van der Waals surface area (Å²) in [5.41, 5.74) is 2.51. The third kappa shape index (κ3) is 3.89. The number of hydrogen-bond donors (Lipinski definition) is 0. The number of rotatable bonds is 5. The lowest BCUT2D eigenvalue weighted by Gasteiger charge is -2.29. The Morgan fingerprint density at radius 1 is 1.20 bits per heavy atom. The highest BCUT2D eigenvalue weighted by atomic mass is 16.5. The lowest BCUT2D eigenvalue weighted by Crippen LogP contribution is -2.42. The van der Waals surface area contributed by atoms with Crippen LogP contribution in [0.2, 0.25) is 0 Å². The lowest BCUT2D eigenvalue weighted by atomic mass is 10.1. The van der Waals surface area contributed by atoms with Crippen molar-refractivity contribution in [2.24, 2.45) is 0 Å². The van der Waals surface area contributed by atoms with Crippen LogP contribution in [-0.2, 0) is 9.59 Å². The fraction of sp³-hybridized carbons (Fsp3) is 0.273. The molecule has 1 atom stereocenters. The second-order valence-corrected chi connectivity index (χ2v) is 7.16. The summed E-state index contributed by atoms with van der Waals surface area (Å²) in [5.74, 6) is 0.356. The van der Waals surface area contributed by atoms with Crippen molar-refractivity contribution in [3.05, 3.63) is 66.7 Å². The number of anilines is 1. The normalized spacial score (nSPS) is 14.5. The van der Waals surface area contributed by atoms with Gasteiger partial charge in [0.05, 0.1) is 30.4 Å². The Hall–Kier alpha value is -3.68. The number of carbonyl (C=O) groups is 2. The highest BCUT2D eigenvalue weighted by Crippen LogP contribution is 2.31. The van der Waals surface area contributed by atoms with Crippen LogP contribution in [0.3, 0.4) is 0 Å². The van der Waals surface area contributed by atoms with E-state index in [0.29, 0.717) is 18.0 Å². The molecule has 30 heavy (non-hydrogen) atoms. The Bertz CT molecular complexity index is 1030. The van der Waals surface area contributed by atoms with E-state index in [-0.39, 0.29) is 30.8 Å². The molecule has 0 fully saturated rings. The third-order valence-corrected chi connectivity index (χ3v) is 5.36. The number of aromatic nitrogens is 3. The van der Waals surface area contributed by atoms with Crippen molar-refractivity contribution in [3.63, 3.8) is 0 Å².